The van der Waals surface area contributed by atoms with Crippen LogP contribution in [0.5, 0.6) is 0 Å². The summed E-state index contributed by atoms with van der Waals surface area (Å²) in [5.74, 6) is 0.676. The molecule has 0 bridgehead atoms. The molecular weight excluding hydrogens is 292 g/mol. The standard InChI is InChI=1S/C13H22N4O3S/c1-3-4-7-21(19,20)16-11-5-6-17(9-11)13-14-10(2)8-12(18)15-13/h8,11,16H,3-7,9H2,1-2H3,(H,14,15,18). The van der Waals surface area contributed by atoms with Crippen LogP contribution in [0.4, 0.5) is 5.95 Å². The van der Waals surface area contributed by atoms with Gasteiger partial charge in [-0.1, -0.05) is 13.3 Å². The lowest BCUT2D eigenvalue weighted by molar-refractivity contribution is 0.558. The first kappa shape index (κ1) is 16.0. The van der Waals surface area contributed by atoms with E-state index < -0.39 is 10.0 Å². The quantitative estimate of drug-likeness (QED) is 0.791. The Kier molecular flexibility index (Phi) is 5.00. The number of H-pyrrole nitrogens is 1. The van der Waals surface area contributed by atoms with E-state index in [4.69, 9.17) is 0 Å². The molecule has 0 amide bonds. The van der Waals surface area contributed by atoms with Gasteiger partial charge in [-0.3, -0.25) is 9.78 Å². The predicted octanol–water partition coefficient (Wildman–Crippen LogP) is 0.377. The van der Waals surface area contributed by atoms with Crippen LogP contribution < -0.4 is 15.2 Å². The maximum absolute atomic E-state index is 11.9. The smallest absolute Gasteiger partial charge is 0.252 e. The molecule has 0 spiro atoms. The molecular formula is C13H22N4O3S. The number of hydrogen-bond donors (Lipinski definition) is 2. The second kappa shape index (κ2) is 6.57. The highest BCUT2D eigenvalue weighted by atomic mass is 32.2. The molecule has 0 aromatic carbocycles. The molecule has 8 heteroatoms. The molecule has 2 rings (SSSR count). The first-order valence-corrected chi connectivity index (χ1v) is 8.88. The van der Waals surface area contributed by atoms with Gasteiger partial charge in [-0.15, -0.1) is 0 Å². The summed E-state index contributed by atoms with van der Waals surface area (Å²) >= 11 is 0. The lowest BCUT2D eigenvalue weighted by Gasteiger charge is -2.17. The van der Waals surface area contributed by atoms with Crippen LogP contribution in [0.2, 0.25) is 0 Å². The minimum absolute atomic E-state index is 0.127. The average Bonchev–Trinajstić information content (AvgIpc) is 2.83. The zero-order chi connectivity index (χ0) is 15.5. The van der Waals surface area contributed by atoms with E-state index in [0.29, 0.717) is 37.6 Å². The van der Waals surface area contributed by atoms with E-state index in [1.807, 2.05) is 11.8 Å². The molecule has 1 atom stereocenters. The molecule has 21 heavy (non-hydrogen) atoms. The Morgan fingerprint density at radius 1 is 1.52 bits per heavy atom. The van der Waals surface area contributed by atoms with Crippen molar-refractivity contribution in [3.05, 3.63) is 22.1 Å². The molecule has 1 saturated heterocycles. The molecule has 1 aromatic rings. The van der Waals surface area contributed by atoms with Crippen LogP contribution in [0.3, 0.4) is 0 Å². The van der Waals surface area contributed by atoms with Gasteiger partial charge in [0.1, 0.15) is 0 Å². The average molecular weight is 314 g/mol. The van der Waals surface area contributed by atoms with Crippen molar-refractivity contribution < 1.29 is 8.42 Å². The first-order valence-electron chi connectivity index (χ1n) is 7.22. The summed E-state index contributed by atoms with van der Waals surface area (Å²) in [5.41, 5.74) is 0.463. The normalized spacial score (nSPS) is 19.1. The highest BCUT2D eigenvalue weighted by Crippen LogP contribution is 2.16. The summed E-state index contributed by atoms with van der Waals surface area (Å²) in [6.45, 7) is 4.93. The van der Waals surface area contributed by atoms with Crippen molar-refractivity contribution in [2.24, 2.45) is 0 Å². The third-order valence-electron chi connectivity index (χ3n) is 3.46. The van der Waals surface area contributed by atoms with Crippen LogP contribution in [0.1, 0.15) is 31.9 Å². The van der Waals surface area contributed by atoms with E-state index >= 15 is 0 Å². The lowest BCUT2D eigenvalue weighted by Crippen LogP contribution is -2.38. The summed E-state index contributed by atoms with van der Waals surface area (Å²) in [4.78, 5) is 20.3. The van der Waals surface area contributed by atoms with Gasteiger partial charge in [-0.05, 0) is 19.8 Å². The fourth-order valence-electron chi connectivity index (χ4n) is 2.41. The molecule has 1 unspecified atom stereocenters. The maximum atomic E-state index is 11.9. The molecule has 1 aliphatic rings. The Morgan fingerprint density at radius 2 is 2.29 bits per heavy atom. The summed E-state index contributed by atoms with van der Waals surface area (Å²) in [5, 5.41) is 0. The molecule has 0 aliphatic carbocycles. The molecule has 1 aromatic heterocycles. The number of hydrogen-bond acceptors (Lipinski definition) is 5. The number of anilines is 1. The number of rotatable bonds is 6. The Hall–Kier alpha value is -1.41. The number of aryl methyl sites for hydroxylation is 1. The highest BCUT2D eigenvalue weighted by molar-refractivity contribution is 7.89. The van der Waals surface area contributed by atoms with Gasteiger partial charge in [0.05, 0.1) is 5.75 Å². The largest absolute Gasteiger partial charge is 0.341 e. The highest BCUT2D eigenvalue weighted by Gasteiger charge is 2.27. The van der Waals surface area contributed by atoms with Crippen LogP contribution >= 0.6 is 0 Å². The van der Waals surface area contributed by atoms with Gasteiger partial charge in [0.15, 0.2) is 0 Å². The number of nitrogens with one attached hydrogen (secondary N) is 2. The summed E-state index contributed by atoms with van der Waals surface area (Å²) in [6, 6.07) is 1.31. The molecule has 2 heterocycles. The van der Waals surface area contributed by atoms with Crippen LogP contribution in [-0.4, -0.2) is 43.3 Å². The Morgan fingerprint density at radius 3 is 2.95 bits per heavy atom. The van der Waals surface area contributed by atoms with Gasteiger partial charge in [0, 0.05) is 30.9 Å². The van der Waals surface area contributed by atoms with Crippen molar-refractivity contribution in [1.82, 2.24) is 14.7 Å². The van der Waals surface area contributed by atoms with Gasteiger partial charge < -0.3 is 4.90 Å². The van der Waals surface area contributed by atoms with E-state index in [2.05, 4.69) is 14.7 Å². The van der Waals surface area contributed by atoms with Crippen LogP contribution in [-0.2, 0) is 10.0 Å². The zero-order valence-electron chi connectivity index (χ0n) is 12.4. The van der Waals surface area contributed by atoms with E-state index in [9.17, 15) is 13.2 Å². The van der Waals surface area contributed by atoms with E-state index in [1.165, 1.54) is 6.07 Å². The number of aromatic amines is 1. The van der Waals surface area contributed by atoms with Crippen LogP contribution in [0.15, 0.2) is 10.9 Å². The van der Waals surface area contributed by atoms with Gasteiger partial charge in [-0.2, -0.15) is 0 Å². The SMILES string of the molecule is CCCCS(=O)(=O)NC1CCN(c2nc(C)cc(=O)[nH]2)C1. The zero-order valence-corrected chi connectivity index (χ0v) is 13.2. The van der Waals surface area contributed by atoms with Gasteiger partial charge in [-0.25, -0.2) is 18.1 Å². The fourth-order valence-corrected chi connectivity index (χ4v) is 3.90. The third kappa shape index (κ3) is 4.53. The minimum atomic E-state index is -3.22. The van der Waals surface area contributed by atoms with Crippen molar-refractivity contribution >= 4 is 16.0 Å². The molecule has 0 saturated carbocycles. The van der Waals surface area contributed by atoms with E-state index in [0.717, 1.165) is 6.42 Å². The molecule has 7 nitrogen and oxygen atoms in total. The first-order chi connectivity index (χ1) is 9.89. The van der Waals surface area contributed by atoms with Crippen molar-refractivity contribution in [2.45, 2.75) is 39.2 Å². The lowest BCUT2D eigenvalue weighted by atomic mass is 10.3. The molecule has 118 valence electrons. The minimum Gasteiger partial charge on any atom is -0.341 e. The molecule has 0 radical (unpaired) electrons. The van der Waals surface area contributed by atoms with Crippen molar-refractivity contribution in [3.63, 3.8) is 0 Å². The van der Waals surface area contributed by atoms with Crippen LogP contribution in [0, 0.1) is 6.92 Å². The van der Waals surface area contributed by atoms with Gasteiger partial charge in [0.2, 0.25) is 16.0 Å². The van der Waals surface area contributed by atoms with Crippen molar-refractivity contribution in [3.8, 4) is 0 Å². The third-order valence-corrected chi connectivity index (χ3v) is 4.98. The number of sulfonamides is 1. The summed E-state index contributed by atoms with van der Waals surface area (Å²) in [7, 11) is -3.22. The number of nitrogens with zero attached hydrogens (tertiary/aromatic N) is 2. The summed E-state index contributed by atoms with van der Waals surface area (Å²) < 4.78 is 26.5. The number of unbranched alkanes of at least 4 members (excludes halogenated alkanes) is 1. The monoisotopic (exact) mass is 314 g/mol. The van der Waals surface area contributed by atoms with Gasteiger partial charge in [0.25, 0.3) is 5.56 Å². The Bertz CT molecular complexity index is 641. The topological polar surface area (TPSA) is 95.2 Å². The van der Waals surface area contributed by atoms with E-state index in [-0.39, 0.29) is 17.4 Å². The van der Waals surface area contributed by atoms with Crippen molar-refractivity contribution in [2.75, 3.05) is 23.7 Å². The Balaban J connectivity index is 1.99. The van der Waals surface area contributed by atoms with Crippen molar-refractivity contribution in [1.29, 1.82) is 0 Å². The maximum Gasteiger partial charge on any atom is 0.252 e. The van der Waals surface area contributed by atoms with Gasteiger partial charge >= 0.3 is 0 Å². The number of aromatic nitrogens is 2. The molecule has 1 fully saturated rings. The molecule has 2 N–H and O–H groups in total. The Labute approximate surface area is 124 Å². The second-order valence-electron chi connectivity index (χ2n) is 5.43. The van der Waals surface area contributed by atoms with E-state index in [1.54, 1.807) is 6.92 Å². The van der Waals surface area contributed by atoms with Crippen LogP contribution in [0.25, 0.3) is 0 Å². The predicted molar refractivity (Wildman–Crippen MR) is 82.0 cm³/mol. The fraction of sp³-hybridized carbons (Fsp3) is 0.692. The molecule has 1 aliphatic heterocycles. The summed E-state index contributed by atoms with van der Waals surface area (Å²) in [6.07, 6.45) is 2.23. The second-order valence-corrected chi connectivity index (χ2v) is 7.31.